The van der Waals surface area contributed by atoms with Crippen LogP contribution in [0.15, 0.2) is 28.9 Å². The molecule has 2 fully saturated rings. The standard InChI is InChI=1S/C21H25FN4O2/c1-25-11-15(17-10-16(27-2)6-7-18(17)25)12-26-9-3-8-21(22,13-26)20-23-19(24-28-20)14-4-5-14/h6-7,10-11,14H,3-5,8-9,12-13H2,1-2H3. The van der Waals surface area contributed by atoms with Crippen molar-refractivity contribution < 1.29 is 13.7 Å². The number of hydrogen-bond donors (Lipinski definition) is 0. The Hall–Kier alpha value is -2.41. The fourth-order valence-corrected chi connectivity index (χ4v) is 4.28. The van der Waals surface area contributed by atoms with E-state index in [1.54, 1.807) is 7.11 Å². The van der Waals surface area contributed by atoms with E-state index >= 15 is 4.39 Å². The molecule has 1 aliphatic heterocycles. The van der Waals surface area contributed by atoms with Crippen molar-refractivity contribution >= 4 is 10.9 Å². The summed E-state index contributed by atoms with van der Waals surface area (Å²) in [6.45, 7) is 1.81. The van der Waals surface area contributed by atoms with Crippen LogP contribution in [0.2, 0.25) is 0 Å². The third-order valence-electron chi connectivity index (χ3n) is 5.96. The molecule has 1 unspecified atom stereocenters. The second-order valence-corrected chi connectivity index (χ2v) is 8.16. The smallest absolute Gasteiger partial charge is 0.265 e. The third kappa shape index (κ3) is 3.07. The highest BCUT2D eigenvalue weighted by Gasteiger charge is 2.43. The molecule has 0 radical (unpaired) electrons. The van der Waals surface area contributed by atoms with E-state index in [1.807, 2.05) is 13.1 Å². The van der Waals surface area contributed by atoms with Gasteiger partial charge in [-0.05, 0) is 56.0 Å². The van der Waals surface area contributed by atoms with Gasteiger partial charge in [0.2, 0.25) is 5.67 Å². The van der Waals surface area contributed by atoms with Crippen LogP contribution < -0.4 is 4.74 Å². The summed E-state index contributed by atoms with van der Waals surface area (Å²) in [6, 6.07) is 6.08. The fourth-order valence-electron chi connectivity index (χ4n) is 4.28. The minimum atomic E-state index is -1.57. The van der Waals surface area contributed by atoms with Gasteiger partial charge in [0.25, 0.3) is 5.89 Å². The lowest BCUT2D eigenvalue weighted by Gasteiger charge is -2.35. The molecule has 28 heavy (non-hydrogen) atoms. The summed E-state index contributed by atoms with van der Waals surface area (Å²) in [6.07, 6.45) is 5.48. The molecule has 1 saturated heterocycles. The van der Waals surface area contributed by atoms with Gasteiger partial charge in [0.1, 0.15) is 5.75 Å². The first-order valence-corrected chi connectivity index (χ1v) is 9.93. The van der Waals surface area contributed by atoms with Crippen molar-refractivity contribution in [3.05, 3.63) is 41.7 Å². The molecule has 1 aliphatic carbocycles. The number of benzene rings is 1. The highest BCUT2D eigenvalue weighted by molar-refractivity contribution is 5.85. The van der Waals surface area contributed by atoms with Gasteiger partial charge >= 0.3 is 0 Å². The minimum absolute atomic E-state index is 0.152. The number of ether oxygens (including phenoxy) is 1. The Labute approximate surface area is 163 Å². The van der Waals surface area contributed by atoms with Crippen molar-refractivity contribution in [3.63, 3.8) is 0 Å². The van der Waals surface area contributed by atoms with Crippen molar-refractivity contribution in [1.82, 2.24) is 19.6 Å². The van der Waals surface area contributed by atoms with Gasteiger partial charge in [-0.2, -0.15) is 4.98 Å². The topological polar surface area (TPSA) is 56.3 Å². The molecule has 5 rings (SSSR count). The second kappa shape index (κ2) is 6.58. The molecule has 1 saturated carbocycles. The molecule has 2 aliphatic rings. The molecule has 2 aromatic heterocycles. The highest BCUT2D eigenvalue weighted by Crippen LogP contribution is 2.41. The van der Waals surface area contributed by atoms with Crippen LogP contribution in [-0.2, 0) is 19.3 Å². The Morgan fingerprint density at radius 2 is 2.21 bits per heavy atom. The van der Waals surface area contributed by atoms with E-state index in [-0.39, 0.29) is 12.4 Å². The first-order valence-electron chi connectivity index (χ1n) is 9.93. The second-order valence-electron chi connectivity index (χ2n) is 8.16. The van der Waals surface area contributed by atoms with Gasteiger partial charge in [0.15, 0.2) is 5.82 Å². The Morgan fingerprint density at radius 3 is 3.00 bits per heavy atom. The van der Waals surface area contributed by atoms with Gasteiger partial charge in [-0.1, -0.05) is 5.16 Å². The average Bonchev–Trinajstić information content (AvgIpc) is 3.34. The first kappa shape index (κ1) is 17.7. The Balaban J connectivity index is 1.38. The van der Waals surface area contributed by atoms with Crippen LogP contribution in [0.1, 0.15) is 48.9 Å². The molecule has 1 aromatic carbocycles. The summed E-state index contributed by atoms with van der Waals surface area (Å²) in [7, 11) is 3.71. The van der Waals surface area contributed by atoms with Crippen LogP contribution >= 0.6 is 0 Å². The lowest BCUT2D eigenvalue weighted by atomic mass is 9.94. The molecule has 3 heterocycles. The van der Waals surface area contributed by atoms with Crippen LogP contribution in [0, 0.1) is 0 Å². The zero-order valence-corrected chi connectivity index (χ0v) is 16.3. The van der Waals surface area contributed by atoms with Crippen molar-refractivity contribution in [3.8, 4) is 5.75 Å². The summed E-state index contributed by atoms with van der Waals surface area (Å²) in [5.41, 5.74) is 0.746. The molecular weight excluding hydrogens is 359 g/mol. The van der Waals surface area contributed by atoms with Crippen molar-refractivity contribution in [2.24, 2.45) is 7.05 Å². The van der Waals surface area contributed by atoms with Crippen LogP contribution in [0.4, 0.5) is 4.39 Å². The minimum Gasteiger partial charge on any atom is -0.497 e. The molecule has 0 bridgehead atoms. The number of alkyl halides is 1. The van der Waals surface area contributed by atoms with Gasteiger partial charge in [0.05, 0.1) is 7.11 Å². The predicted octanol–water partition coefficient (Wildman–Crippen LogP) is 3.91. The van der Waals surface area contributed by atoms with E-state index in [4.69, 9.17) is 9.26 Å². The number of aromatic nitrogens is 3. The number of methoxy groups -OCH3 is 1. The highest BCUT2D eigenvalue weighted by atomic mass is 19.1. The fraction of sp³-hybridized carbons (Fsp3) is 0.524. The predicted molar refractivity (Wildman–Crippen MR) is 103 cm³/mol. The van der Waals surface area contributed by atoms with Crippen molar-refractivity contribution in [2.45, 2.75) is 43.8 Å². The van der Waals surface area contributed by atoms with Crippen LogP contribution in [0.25, 0.3) is 10.9 Å². The van der Waals surface area contributed by atoms with E-state index in [2.05, 4.69) is 37.9 Å². The molecule has 3 aromatic rings. The normalized spacial score (nSPS) is 23.4. The van der Waals surface area contributed by atoms with E-state index in [9.17, 15) is 0 Å². The molecule has 1 atom stereocenters. The maximum atomic E-state index is 15.7. The number of rotatable bonds is 5. The number of halogens is 1. The maximum absolute atomic E-state index is 15.7. The molecule has 0 spiro atoms. The monoisotopic (exact) mass is 384 g/mol. The number of aryl methyl sites for hydroxylation is 1. The zero-order chi connectivity index (χ0) is 19.3. The SMILES string of the molecule is COc1ccc2c(c1)c(CN1CCCC(F)(c3nc(C4CC4)no3)C1)cn2C. The zero-order valence-electron chi connectivity index (χ0n) is 16.3. The largest absolute Gasteiger partial charge is 0.497 e. The van der Waals surface area contributed by atoms with E-state index < -0.39 is 5.67 Å². The van der Waals surface area contributed by atoms with Gasteiger partial charge in [-0.15, -0.1) is 0 Å². The quantitative estimate of drug-likeness (QED) is 0.668. The Kier molecular flexibility index (Phi) is 4.16. The lowest BCUT2D eigenvalue weighted by molar-refractivity contribution is 0.0125. The number of piperidine rings is 1. The van der Waals surface area contributed by atoms with Gasteiger partial charge in [0, 0.05) is 43.2 Å². The molecule has 7 heteroatoms. The van der Waals surface area contributed by atoms with Gasteiger partial charge in [-0.3, -0.25) is 4.90 Å². The summed E-state index contributed by atoms with van der Waals surface area (Å²) in [5, 5.41) is 5.15. The molecule has 0 amide bonds. The number of likely N-dealkylation sites (tertiary alicyclic amines) is 1. The third-order valence-corrected chi connectivity index (χ3v) is 5.96. The number of hydrogen-bond acceptors (Lipinski definition) is 5. The van der Waals surface area contributed by atoms with Crippen LogP contribution in [-0.4, -0.2) is 39.8 Å². The first-order chi connectivity index (χ1) is 13.6. The number of nitrogens with zero attached hydrogens (tertiary/aromatic N) is 4. The summed E-state index contributed by atoms with van der Waals surface area (Å²) in [4.78, 5) is 6.54. The Morgan fingerprint density at radius 1 is 1.36 bits per heavy atom. The summed E-state index contributed by atoms with van der Waals surface area (Å²) in [5.74, 6) is 2.02. The molecular formula is C21H25FN4O2. The van der Waals surface area contributed by atoms with E-state index in [0.717, 1.165) is 42.5 Å². The van der Waals surface area contributed by atoms with Crippen LogP contribution in [0.5, 0.6) is 5.75 Å². The lowest BCUT2D eigenvalue weighted by Crippen LogP contribution is -2.43. The van der Waals surface area contributed by atoms with Gasteiger partial charge in [-0.25, -0.2) is 4.39 Å². The molecule has 0 N–H and O–H groups in total. The van der Waals surface area contributed by atoms with Crippen LogP contribution in [0.3, 0.4) is 0 Å². The van der Waals surface area contributed by atoms with Crippen molar-refractivity contribution in [1.29, 1.82) is 0 Å². The maximum Gasteiger partial charge on any atom is 0.265 e. The van der Waals surface area contributed by atoms with Crippen molar-refractivity contribution in [2.75, 3.05) is 20.2 Å². The Bertz CT molecular complexity index is 1010. The van der Waals surface area contributed by atoms with Gasteiger partial charge < -0.3 is 13.8 Å². The number of fused-ring (bicyclic) bond motifs is 1. The summed E-state index contributed by atoms with van der Waals surface area (Å²) < 4.78 is 28.5. The summed E-state index contributed by atoms with van der Waals surface area (Å²) >= 11 is 0. The van der Waals surface area contributed by atoms with E-state index in [0.29, 0.717) is 24.7 Å². The molecule has 148 valence electrons. The van der Waals surface area contributed by atoms with E-state index in [1.165, 1.54) is 5.56 Å². The average molecular weight is 384 g/mol. The molecule has 6 nitrogen and oxygen atoms in total.